The van der Waals surface area contributed by atoms with E-state index >= 15 is 0 Å². The van der Waals surface area contributed by atoms with E-state index in [9.17, 15) is 4.79 Å². The maximum atomic E-state index is 11.9. The minimum absolute atomic E-state index is 0.103. The van der Waals surface area contributed by atoms with E-state index in [1.165, 1.54) is 11.8 Å². The lowest BCUT2D eigenvalue weighted by atomic mass is 10.4. The van der Waals surface area contributed by atoms with Gasteiger partial charge in [-0.25, -0.2) is 9.97 Å². The molecule has 18 heavy (non-hydrogen) atoms. The Morgan fingerprint density at radius 1 is 1.56 bits per heavy atom. The normalized spacial score (nSPS) is 16.7. The summed E-state index contributed by atoms with van der Waals surface area (Å²) in [4.78, 5) is 20.4. The molecule has 1 atom stereocenters. The van der Waals surface area contributed by atoms with Gasteiger partial charge in [-0.3, -0.25) is 4.79 Å². The first kappa shape index (κ1) is 11.9. The number of nitrogens with one attached hydrogen (secondary N) is 1. The second-order valence-electron chi connectivity index (χ2n) is 4.36. The van der Waals surface area contributed by atoms with Crippen LogP contribution in [0.1, 0.15) is 19.8 Å². The summed E-state index contributed by atoms with van der Waals surface area (Å²) in [6, 6.07) is 2.38. The Kier molecular flexibility index (Phi) is 3.22. The Morgan fingerprint density at radius 3 is 3.17 bits per heavy atom. The number of thioether (sulfide) groups is 1. The first-order valence-electron chi connectivity index (χ1n) is 5.89. The van der Waals surface area contributed by atoms with Crippen molar-refractivity contribution in [1.82, 2.24) is 15.3 Å². The van der Waals surface area contributed by atoms with Crippen LogP contribution in [0.25, 0.3) is 10.2 Å². The molecule has 1 fully saturated rings. The molecule has 1 saturated carbocycles. The van der Waals surface area contributed by atoms with Crippen molar-refractivity contribution in [3.63, 3.8) is 0 Å². The van der Waals surface area contributed by atoms with E-state index in [0.29, 0.717) is 6.04 Å². The van der Waals surface area contributed by atoms with Gasteiger partial charge in [-0.1, -0.05) is 11.8 Å². The lowest BCUT2D eigenvalue weighted by Crippen LogP contribution is -2.32. The third kappa shape index (κ3) is 2.49. The summed E-state index contributed by atoms with van der Waals surface area (Å²) in [5.41, 5.74) is 0.951. The van der Waals surface area contributed by atoms with Crippen molar-refractivity contribution >= 4 is 39.2 Å². The zero-order valence-corrected chi connectivity index (χ0v) is 11.6. The van der Waals surface area contributed by atoms with Gasteiger partial charge in [0, 0.05) is 6.04 Å². The summed E-state index contributed by atoms with van der Waals surface area (Å²) in [6.07, 6.45) is 3.79. The van der Waals surface area contributed by atoms with Crippen molar-refractivity contribution < 1.29 is 4.79 Å². The minimum Gasteiger partial charge on any atom is -0.352 e. The fourth-order valence-corrected chi connectivity index (χ4v) is 3.46. The number of carbonyl (C=O) groups is 1. The molecule has 4 nitrogen and oxygen atoms in total. The van der Waals surface area contributed by atoms with E-state index in [2.05, 4.69) is 15.3 Å². The number of carbonyl (C=O) groups excluding carboxylic acids is 1. The first-order valence-corrected chi connectivity index (χ1v) is 7.65. The van der Waals surface area contributed by atoms with Gasteiger partial charge in [-0.05, 0) is 31.2 Å². The van der Waals surface area contributed by atoms with Crippen LogP contribution in [0, 0.1) is 0 Å². The highest BCUT2D eigenvalue weighted by atomic mass is 32.2. The van der Waals surface area contributed by atoms with Crippen molar-refractivity contribution in [3.05, 3.63) is 17.8 Å². The number of nitrogens with zero attached hydrogens (tertiary/aromatic N) is 2. The molecule has 0 bridgehead atoms. The fourth-order valence-electron chi connectivity index (χ4n) is 1.62. The number of rotatable bonds is 4. The average Bonchev–Trinajstić information content (AvgIpc) is 3.04. The van der Waals surface area contributed by atoms with Crippen molar-refractivity contribution in [1.29, 1.82) is 0 Å². The molecular formula is C12H13N3OS2. The smallest absolute Gasteiger partial charge is 0.233 e. The van der Waals surface area contributed by atoms with Gasteiger partial charge >= 0.3 is 0 Å². The molecule has 0 aliphatic heterocycles. The molecular weight excluding hydrogens is 266 g/mol. The molecule has 94 valence electrons. The van der Waals surface area contributed by atoms with E-state index in [0.717, 1.165) is 28.1 Å². The van der Waals surface area contributed by atoms with Crippen molar-refractivity contribution in [3.8, 4) is 0 Å². The highest BCUT2D eigenvalue weighted by molar-refractivity contribution is 8.00. The van der Waals surface area contributed by atoms with Gasteiger partial charge in [-0.2, -0.15) is 0 Å². The van der Waals surface area contributed by atoms with Gasteiger partial charge in [0.05, 0.1) is 15.5 Å². The fraction of sp³-hybridized carbons (Fsp3) is 0.417. The Balaban J connectivity index is 1.74. The molecule has 2 aromatic heterocycles. The summed E-state index contributed by atoms with van der Waals surface area (Å²) in [7, 11) is 0. The predicted molar refractivity (Wildman–Crippen MR) is 73.9 cm³/mol. The molecule has 0 radical (unpaired) electrons. The molecule has 6 heteroatoms. The third-order valence-electron chi connectivity index (χ3n) is 2.79. The lowest BCUT2D eigenvalue weighted by molar-refractivity contribution is -0.120. The maximum Gasteiger partial charge on any atom is 0.233 e. The quantitative estimate of drug-likeness (QED) is 0.690. The molecule has 1 aliphatic rings. The predicted octanol–water partition coefficient (Wildman–Crippen LogP) is 2.45. The van der Waals surface area contributed by atoms with Crippen LogP contribution in [0.2, 0.25) is 0 Å². The first-order chi connectivity index (χ1) is 8.74. The van der Waals surface area contributed by atoms with E-state index in [-0.39, 0.29) is 11.2 Å². The van der Waals surface area contributed by atoms with E-state index in [1.807, 2.05) is 18.4 Å². The van der Waals surface area contributed by atoms with E-state index in [4.69, 9.17) is 0 Å². The molecule has 0 aromatic carbocycles. The van der Waals surface area contributed by atoms with E-state index in [1.54, 1.807) is 17.7 Å². The average molecular weight is 279 g/mol. The van der Waals surface area contributed by atoms with Gasteiger partial charge in [0.1, 0.15) is 11.4 Å². The highest BCUT2D eigenvalue weighted by Gasteiger charge is 2.26. The summed E-state index contributed by atoms with van der Waals surface area (Å²) in [5, 5.41) is 5.79. The molecule has 2 aromatic rings. The van der Waals surface area contributed by atoms with Crippen LogP contribution in [0.4, 0.5) is 0 Å². The Bertz CT molecular complexity index is 579. The summed E-state index contributed by atoms with van der Waals surface area (Å²) in [5.74, 6) is 0.103. The second-order valence-corrected chi connectivity index (χ2v) is 6.60. The number of thiophene rings is 1. The largest absolute Gasteiger partial charge is 0.352 e. The van der Waals surface area contributed by atoms with Gasteiger partial charge in [0.25, 0.3) is 0 Å². The molecule has 0 saturated heterocycles. The number of hydrogen-bond donors (Lipinski definition) is 1. The van der Waals surface area contributed by atoms with Crippen LogP contribution in [0.3, 0.4) is 0 Å². The second kappa shape index (κ2) is 4.85. The monoisotopic (exact) mass is 279 g/mol. The van der Waals surface area contributed by atoms with Gasteiger partial charge < -0.3 is 5.32 Å². The zero-order valence-electron chi connectivity index (χ0n) is 9.92. The molecule has 1 amide bonds. The molecule has 0 spiro atoms. The summed E-state index contributed by atoms with van der Waals surface area (Å²) in [6.45, 7) is 1.92. The number of fused-ring (bicyclic) bond motifs is 1. The van der Waals surface area contributed by atoms with Gasteiger partial charge in [0.15, 0.2) is 0 Å². The Hall–Kier alpha value is -1.14. The molecule has 1 aliphatic carbocycles. The van der Waals surface area contributed by atoms with E-state index < -0.39 is 0 Å². The van der Waals surface area contributed by atoms with Crippen molar-refractivity contribution in [2.45, 2.75) is 36.1 Å². The van der Waals surface area contributed by atoms with Crippen LogP contribution in [-0.4, -0.2) is 27.2 Å². The Labute approximate surface area is 113 Å². The van der Waals surface area contributed by atoms with Gasteiger partial charge in [0.2, 0.25) is 5.91 Å². The summed E-state index contributed by atoms with van der Waals surface area (Å²) < 4.78 is 1.06. The summed E-state index contributed by atoms with van der Waals surface area (Å²) >= 11 is 3.12. The lowest BCUT2D eigenvalue weighted by Gasteiger charge is -2.10. The van der Waals surface area contributed by atoms with Crippen LogP contribution < -0.4 is 5.32 Å². The van der Waals surface area contributed by atoms with Crippen molar-refractivity contribution in [2.75, 3.05) is 0 Å². The minimum atomic E-state index is -0.120. The zero-order chi connectivity index (χ0) is 12.5. The molecule has 2 heterocycles. The number of aromatic nitrogens is 2. The molecule has 1 unspecified atom stereocenters. The standard InChI is InChI=1S/C12H13N3OS2/c1-7(11(16)15-8-2-3-8)18-12-10-9(4-5-17-10)13-6-14-12/h4-8H,2-3H2,1H3,(H,15,16). The van der Waals surface area contributed by atoms with Crippen LogP contribution in [0.5, 0.6) is 0 Å². The molecule has 1 N–H and O–H groups in total. The SMILES string of the molecule is CC(Sc1ncnc2ccsc12)C(=O)NC1CC1. The number of amides is 1. The number of hydrogen-bond acceptors (Lipinski definition) is 5. The van der Waals surface area contributed by atoms with Crippen LogP contribution in [0.15, 0.2) is 22.8 Å². The van der Waals surface area contributed by atoms with Crippen molar-refractivity contribution in [2.24, 2.45) is 0 Å². The highest BCUT2D eigenvalue weighted by Crippen LogP contribution is 2.31. The topological polar surface area (TPSA) is 54.9 Å². The molecule has 3 rings (SSSR count). The Morgan fingerprint density at radius 2 is 2.39 bits per heavy atom. The van der Waals surface area contributed by atoms with Crippen LogP contribution in [-0.2, 0) is 4.79 Å². The van der Waals surface area contributed by atoms with Crippen LogP contribution >= 0.6 is 23.1 Å². The maximum absolute atomic E-state index is 11.9. The third-order valence-corrected chi connectivity index (χ3v) is 4.93. The van der Waals surface area contributed by atoms with Gasteiger partial charge in [-0.15, -0.1) is 11.3 Å².